The molecule has 0 aromatic carbocycles. The topological polar surface area (TPSA) is 41.1 Å². The highest BCUT2D eigenvalue weighted by molar-refractivity contribution is 5.48. The molecule has 19 heavy (non-hydrogen) atoms. The summed E-state index contributed by atoms with van der Waals surface area (Å²) in [5.74, 6) is 3.03. The molecule has 1 N–H and O–H groups in total. The van der Waals surface area contributed by atoms with Crippen molar-refractivity contribution in [2.75, 3.05) is 25.5 Å². The Bertz CT molecular complexity index is 430. The van der Waals surface area contributed by atoms with E-state index in [1.807, 2.05) is 13.2 Å². The van der Waals surface area contributed by atoms with E-state index in [1.165, 1.54) is 6.42 Å². The molecule has 2 atom stereocenters. The number of hydrogen-bond acceptors (Lipinski definition) is 4. The second-order valence-corrected chi connectivity index (χ2v) is 6.10. The predicted molar refractivity (Wildman–Crippen MR) is 79.4 cm³/mol. The van der Waals surface area contributed by atoms with Gasteiger partial charge in [-0.2, -0.15) is 0 Å². The molecule has 1 aliphatic rings. The van der Waals surface area contributed by atoms with Crippen molar-refractivity contribution >= 4 is 5.69 Å². The van der Waals surface area contributed by atoms with E-state index in [0.29, 0.717) is 5.92 Å². The fourth-order valence-electron chi connectivity index (χ4n) is 2.42. The van der Waals surface area contributed by atoms with E-state index in [0.717, 1.165) is 42.1 Å². The lowest BCUT2D eigenvalue weighted by Gasteiger charge is -2.22. The van der Waals surface area contributed by atoms with Gasteiger partial charge in [0.15, 0.2) is 0 Å². The van der Waals surface area contributed by atoms with Crippen molar-refractivity contribution in [2.24, 2.45) is 11.8 Å². The molecule has 1 aromatic heterocycles. The summed E-state index contributed by atoms with van der Waals surface area (Å²) in [5, 5.41) is 3.21. The first kappa shape index (κ1) is 14.3. The summed E-state index contributed by atoms with van der Waals surface area (Å²) in [6.07, 6.45) is 3.35. The van der Waals surface area contributed by atoms with Gasteiger partial charge in [-0.3, -0.25) is 0 Å². The van der Waals surface area contributed by atoms with Crippen LogP contribution < -0.4 is 10.2 Å². The number of nitrogens with one attached hydrogen (secondary N) is 1. The van der Waals surface area contributed by atoms with Crippen LogP contribution >= 0.6 is 0 Å². The first-order chi connectivity index (χ1) is 9.02. The van der Waals surface area contributed by atoms with Crippen LogP contribution in [0.15, 0.2) is 6.20 Å². The van der Waals surface area contributed by atoms with Gasteiger partial charge in [0.05, 0.1) is 17.6 Å². The number of anilines is 1. The van der Waals surface area contributed by atoms with Crippen molar-refractivity contribution in [3.8, 4) is 0 Å². The summed E-state index contributed by atoms with van der Waals surface area (Å²) in [6.45, 7) is 8.50. The summed E-state index contributed by atoms with van der Waals surface area (Å²) < 4.78 is 0. The van der Waals surface area contributed by atoms with Crippen molar-refractivity contribution in [1.82, 2.24) is 15.3 Å². The molecule has 4 heteroatoms. The molecule has 0 amide bonds. The van der Waals surface area contributed by atoms with Gasteiger partial charge in [-0.05, 0) is 25.3 Å². The fourth-order valence-corrected chi connectivity index (χ4v) is 2.42. The van der Waals surface area contributed by atoms with Crippen molar-refractivity contribution in [3.63, 3.8) is 0 Å². The molecule has 4 nitrogen and oxygen atoms in total. The predicted octanol–water partition coefficient (Wildman–Crippen LogP) is 2.41. The van der Waals surface area contributed by atoms with E-state index in [-0.39, 0.29) is 0 Å². The Morgan fingerprint density at radius 1 is 1.47 bits per heavy atom. The van der Waals surface area contributed by atoms with Crippen molar-refractivity contribution in [1.29, 1.82) is 0 Å². The van der Waals surface area contributed by atoms with Crippen LogP contribution in [0.2, 0.25) is 0 Å². The van der Waals surface area contributed by atoms with Gasteiger partial charge in [0.2, 0.25) is 0 Å². The molecule has 2 unspecified atom stereocenters. The Morgan fingerprint density at radius 3 is 2.68 bits per heavy atom. The molecule has 2 rings (SSSR count). The zero-order valence-corrected chi connectivity index (χ0v) is 12.8. The van der Waals surface area contributed by atoms with Gasteiger partial charge in [-0.25, -0.2) is 9.97 Å². The van der Waals surface area contributed by atoms with Crippen LogP contribution in [0.3, 0.4) is 0 Å². The van der Waals surface area contributed by atoms with Crippen LogP contribution in [0, 0.1) is 11.8 Å². The first-order valence-electron chi connectivity index (χ1n) is 7.24. The van der Waals surface area contributed by atoms with Crippen molar-refractivity contribution in [2.45, 2.75) is 39.7 Å². The van der Waals surface area contributed by atoms with Gasteiger partial charge >= 0.3 is 0 Å². The van der Waals surface area contributed by atoms with Crippen LogP contribution in [0.1, 0.15) is 44.6 Å². The molecule has 0 spiro atoms. The van der Waals surface area contributed by atoms with E-state index < -0.39 is 0 Å². The monoisotopic (exact) mass is 262 g/mol. The van der Waals surface area contributed by atoms with E-state index >= 15 is 0 Å². The molecule has 1 saturated carbocycles. The summed E-state index contributed by atoms with van der Waals surface area (Å²) in [4.78, 5) is 11.5. The number of rotatable bonds is 6. The highest BCUT2D eigenvalue weighted by Gasteiger charge is 2.33. The molecule has 1 heterocycles. The fraction of sp³-hybridized carbons (Fsp3) is 0.733. The minimum Gasteiger partial charge on any atom is -0.372 e. The van der Waals surface area contributed by atoms with Crippen LogP contribution in [0.25, 0.3) is 0 Å². The average Bonchev–Trinajstić information content (AvgIpc) is 3.04. The standard InChI is InChI=1S/C15H26N4/c1-10(2)15-17-8-14(13(18-15)7-16-4)19(5)9-12-6-11(12)3/h8,10-12,16H,6-7,9H2,1-5H3. The largest absolute Gasteiger partial charge is 0.372 e. The number of aromatic nitrogens is 2. The summed E-state index contributed by atoms with van der Waals surface area (Å²) in [5.41, 5.74) is 2.27. The zero-order valence-electron chi connectivity index (χ0n) is 12.8. The zero-order chi connectivity index (χ0) is 14.0. The van der Waals surface area contributed by atoms with E-state index in [1.54, 1.807) is 0 Å². The number of nitrogens with zero attached hydrogens (tertiary/aromatic N) is 3. The summed E-state index contributed by atoms with van der Waals surface area (Å²) >= 11 is 0. The van der Waals surface area contributed by atoms with Crippen LogP contribution in [0.4, 0.5) is 5.69 Å². The van der Waals surface area contributed by atoms with Crippen molar-refractivity contribution < 1.29 is 0 Å². The third kappa shape index (κ3) is 3.44. The van der Waals surface area contributed by atoms with E-state index in [9.17, 15) is 0 Å². The maximum atomic E-state index is 4.71. The first-order valence-corrected chi connectivity index (χ1v) is 7.24. The lowest BCUT2D eigenvalue weighted by molar-refractivity contribution is 0.695. The molecule has 0 aliphatic heterocycles. The average molecular weight is 262 g/mol. The Labute approximate surface area is 116 Å². The smallest absolute Gasteiger partial charge is 0.131 e. The molecular formula is C15H26N4. The Morgan fingerprint density at radius 2 is 2.16 bits per heavy atom. The van der Waals surface area contributed by atoms with Crippen molar-refractivity contribution in [3.05, 3.63) is 17.7 Å². The molecular weight excluding hydrogens is 236 g/mol. The van der Waals surface area contributed by atoms with Crippen LogP contribution in [-0.2, 0) is 6.54 Å². The third-order valence-corrected chi connectivity index (χ3v) is 3.92. The van der Waals surface area contributed by atoms with Crippen LogP contribution in [-0.4, -0.2) is 30.6 Å². The minimum absolute atomic E-state index is 0.374. The Hall–Kier alpha value is -1.16. The Balaban J connectivity index is 2.17. The molecule has 1 aliphatic carbocycles. The Kier molecular flexibility index (Phi) is 4.40. The number of hydrogen-bond donors (Lipinski definition) is 1. The lowest BCUT2D eigenvalue weighted by atomic mass is 10.2. The highest BCUT2D eigenvalue weighted by Crippen LogP contribution is 2.38. The minimum atomic E-state index is 0.374. The molecule has 0 saturated heterocycles. The normalized spacial score (nSPS) is 21.8. The second kappa shape index (κ2) is 5.87. The summed E-state index contributed by atoms with van der Waals surface area (Å²) in [6, 6.07) is 0. The molecule has 1 fully saturated rings. The van der Waals surface area contributed by atoms with Gasteiger partial charge < -0.3 is 10.2 Å². The van der Waals surface area contributed by atoms with Gasteiger partial charge in [0.25, 0.3) is 0 Å². The maximum Gasteiger partial charge on any atom is 0.131 e. The van der Waals surface area contributed by atoms with Crippen LogP contribution in [0.5, 0.6) is 0 Å². The molecule has 1 aromatic rings. The van der Waals surface area contributed by atoms with Gasteiger partial charge in [-0.15, -0.1) is 0 Å². The van der Waals surface area contributed by atoms with E-state index in [4.69, 9.17) is 4.98 Å². The van der Waals surface area contributed by atoms with Gasteiger partial charge in [-0.1, -0.05) is 20.8 Å². The second-order valence-electron chi connectivity index (χ2n) is 6.10. The van der Waals surface area contributed by atoms with Gasteiger partial charge in [0, 0.05) is 26.1 Å². The third-order valence-electron chi connectivity index (χ3n) is 3.92. The van der Waals surface area contributed by atoms with Gasteiger partial charge in [0.1, 0.15) is 5.82 Å². The highest BCUT2D eigenvalue weighted by atomic mass is 15.1. The molecule has 106 valence electrons. The lowest BCUT2D eigenvalue weighted by Crippen LogP contribution is -2.24. The quantitative estimate of drug-likeness (QED) is 0.855. The van der Waals surface area contributed by atoms with E-state index in [2.05, 4.69) is 43.0 Å². The molecule has 0 radical (unpaired) electrons. The SMILES string of the molecule is CNCc1nc(C(C)C)ncc1N(C)CC1CC1C. The summed E-state index contributed by atoms with van der Waals surface area (Å²) in [7, 11) is 4.11. The molecule has 0 bridgehead atoms. The maximum absolute atomic E-state index is 4.71.